The van der Waals surface area contributed by atoms with E-state index >= 15 is 0 Å². The van der Waals surface area contributed by atoms with Crippen LogP contribution in [0.3, 0.4) is 0 Å². The molecule has 0 fully saturated rings. The fraction of sp³-hybridized carbons (Fsp3) is 0.545. The molecule has 0 atom stereocenters. The molecule has 0 saturated heterocycles. The first-order valence-electron chi connectivity index (χ1n) is 4.73. The highest BCUT2D eigenvalue weighted by atomic mass is 14.3. The van der Waals surface area contributed by atoms with Crippen LogP contribution in [-0.4, -0.2) is 6.21 Å². The van der Waals surface area contributed by atoms with E-state index in [9.17, 15) is 0 Å². The topological polar surface area (TPSA) is 23.9 Å². The molecule has 0 aromatic heterocycles. The lowest BCUT2D eigenvalue weighted by Gasteiger charge is -2.13. The fourth-order valence-electron chi connectivity index (χ4n) is 1.35. The van der Waals surface area contributed by atoms with Crippen LogP contribution < -0.4 is 0 Å². The Morgan fingerprint density at radius 1 is 1.17 bits per heavy atom. The minimum Gasteiger partial charge on any atom is -0.308 e. The van der Waals surface area contributed by atoms with Crippen molar-refractivity contribution >= 4 is 6.21 Å². The summed E-state index contributed by atoms with van der Waals surface area (Å²) in [6, 6.07) is 0. The lowest BCUT2D eigenvalue weighted by Crippen LogP contribution is -1.98. The summed E-state index contributed by atoms with van der Waals surface area (Å²) in [6.45, 7) is 7.72. The van der Waals surface area contributed by atoms with E-state index < -0.39 is 0 Å². The Morgan fingerprint density at radius 3 is 2.00 bits per heavy atom. The monoisotopic (exact) mass is 165 g/mol. The molecular formula is C11H19N. The molecule has 0 amide bonds. The van der Waals surface area contributed by atoms with E-state index in [0.717, 1.165) is 12.8 Å². The van der Waals surface area contributed by atoms with Gasteiger partial charge in [0.05, 0.1) is 0 Å². The van der Waals surface area contributed by atoms with E-state index in [-0.39, 0.29) is 0 Å². The summed E-state index contributed by atoms with van der Waals surface area (Å²) in [5.41, 5.74) is 2.46. The molecule has 0 aliphatic heterocycles. The van der Waals surface area contributed by atoms with Crippen LogP contribution in [0.4, 0.5) is 0 Å². The average molecular weight is 165 g/mol. The van der Waals surface area contributed by atoms with Crippen molar-refractivity contribution in [2.45, 2.75) is 39.5 Å². The van der Waals surface area contributed by atoms with E-state index in [0.29, 0.717) is 0 Å². The van der Waals surface area contributed by atoms with Crippen molar-refractivity contribution in [3.8, 4) is 0 Å². The van der Waals surface area contributed by atoms with Crippen LogP contribution in [0, 0.1) is 5.41 Å². The second kappa shape index (κ2) is 6.84. The van der Waals surface area contributed by atoms with Gasteiger partial charge in [-0.05, 0) is 36.8 Å². The molecule has 12 heavy (non-hydrogen) atoms. The number of hydrogen-bond donors (Lipinski definition) is 1. The molecule has 0 radical (unpaired) electrons. The maximum absolute atomic E-state index is 7.10. The molecular weight excluding hydrogens is 146 g/mol. The van der Waals surface area contributed by atoms with E-state index in [1.165, 1.54) is 30.2 Å². The van der Waals surface area contributed by atoms with Gasteiger partial charge in [0.2, 0.25) is 0 Å². The third kappa shape index (κ3) is 3.04. The Kier molecular flexibility index (Phi) is 6.35. The zero-order valence-corrected chi connectivity index (χ0v) is 8.19. The van der Waals surface area contributed by atoms with E-state index in [1.807, 2.05) is 19.9 Å². The molecule has 1 rings (SSSR count). The van der Waals surface area contributed by atoms with Gasteiger partial charge in [-0.2, -0.15) is 0 Å². The predicted molar refractivity (Wildman–Crippen MR) is 55.8 cm³/mol. The van der Waals surface area contributed by atoms with Gasteiger partial charge in [-0.1, -0.05) is 26.5 Å². The summed E-state index contributed by atoms with van der Waals surface area (Å²) in [5.74, 6) is 0. The van der Waals surface area contributed by atoms with Crippen LogP contribution in [0.2, 0.25) is 0 Å². The van der Waals surface area contributed by atoms with Crippen LogP contribution in [0.25, 0.3) is 0 Å². The van der Waals surface area contributed by atoms with Crippen LogP contribution in [0.1, 0.15) is 39.5 Å². The van der Waals surface area contributed by atoms with Crippen molar-refractivity contribution in [3.05, 3.63) is 23.8 Å². The first-order chi connectivity index (χ1) is 5.88. The molecule has 1 aliphatic rings. The summed E-state index contributed by atoms with van der Waals surface area (Å²) in [4.78, 5) is 0. The first-order valence-corrected chi connectivity index (χ1v) is 4.73. The van der Waals surface area contributed by atoms with Crippen LogP contribution in [0.15, 0.2) is 23.8 Å². The molecule has 0 unspecified atom stereocenters. The van der Waals surface area contributed by atoms with E-state index in [4.69, 9.17) is 5.41 Å². The van der Waals surface area contributed by atoms with Crippen molar-refractivity contribution in [1.82, 2.24) is 0 Å². The molecule has 1 heteroatoms. The normalized spacial score (nSPS) is 16.2. The Bertz CT molecular complexity index is 157. The third-order valence-corrected chi connectivity index (χ3v) is 1.98. The predicted octanol–water partition coefficient (Wildman–Crippen LogP) is 3.72. The number of hydrogen-bond acceptors (Lipinski definition) is 1. The SMILES string of the molecule is C=CC1=C(C=N)CCCC1.CC. The van der Waals surface area contributed by atoms with Crippen molar-refractivity contribution in [3.63, 3.8) is 0 Å². The Balaban J connectivity index is 0.000000561. The lowest BCUT2D eigenvalue weighted by molar-refractivity contribution is 0.700. The number of rotatable bonds is 2. The van der Waals surface area contributed by atoms with Crippen LogP contribution in [0.5, 0.6) is 0 Å². The summed E-state index contributed by atoms with van der Waals surface area (Å²) in [7, 11) is 0. The van der Waals surface area contributed by atoms with Gasteiger partial charge in [0.15, 0.2) is 0 Å². The van der Waals surface area contributed by atoms with E-state index in [1.54, 1.807) is 0 Å². The van der Waals surface area contributed by atoms with Gasteiger partial charge in [-0.3, -0.25) is 0 Å². The zero-order valence-electron chi connectivity index (χ0n) is 8.19. The molecule has 68 valence electrons. The van der Waals surface area contributed by atoms with Crippen LogP contribution in [-0.2, 0) is 0 Å². The molecule has 0 bridgehead atoms. The highest BCUT2D eigenvalue weighted by molar-refractivity contribution is 5.78. The van der Waals surface area contributed by atoms with Gasteiger partial charge < -0.3 is 5.41 Å². The smallest absolute Gasteiger partial charge is 0.0212 e. The number of allylic oxidation sites excluding steroid dienone is 3. The second-order valence-corrected chi connectivity index (χ2v) is 2.61. The summed E-state index contributed by atoms with van der Waals surface area (Å²) >= 11 is 0. The Morgan fingerprint density at radius 2 is 1.67 bits per heavy atom. The molecule has 0 saturated carbocycles. The molecule has 0 aromatic rings. The molecule has 1 nitrogen and oxygen atoms in total. The van der Waals surface area contributed by atoms with Gasteiger partial charge in [0, 0.05) is 6.21 Å². The minimum atomic E-state index is 1.07. The quantitative estimate of drug-likeness (QED) is 0.603. The maximum Gasteiger partial charge on any atom is 0.0212 e. The molecule has 1 N–H and O–H groups in total. The Labute approximate surface area is 75.7 Å². The molecule has 0 heterocycles. The number of nitrogens with one attached hydrogen (secondary N) is 1. The molecule has 1 aliphatic carbocycles. The highest BCUT2D eigenvalue weighted by Gasteiger charge is 2.06. The Hall–Kier alpha value is -0.850. The average Bonchev–Trinajstić information content (AvgIpc) is 2.20. The second-order valence-electron chi connectivity index (χ2n) is 2.61. The fourth-order valence-corrected chi connectivity index (χ4v) is 1.35. The van der Waals surface area contributed by atoms with Crippen molar-refractivity contribution in [1.29, 1.82) is 5.41 Å². The minimum absolute atomic E-state index is 1.07. The van der Waals surface area contributed by atoms with Crippen molar-refractivity contribution in [2.75, 3.05) is 0 Å². The lowest BCUT2D eigenvalue weighted by atomic mass is 9.92. The van der Waals surface area contributed by atoms with E-state index in [2.05, 4.69) is 6.58 Å². The highest BCUT2D eigenvalue weighted by Crippen LogP contribution is 2.23. The zero-order chi connectivity index (χ0) is 9.40. The summed E-state index contributed by atoms with van der Waals surface area (Å²) in [6.07, 6.45) is 8.05. The van der Waals surface area contributed by atoms with Gasteiger partial charge in [-0.25, -0.2) is 0 Å². The summed E-state index contributed by atoms with van der Waals surface area (Å²) in [5, 5.41) is 7.10. The summed E-state index contributed by atoms with van der Waals surface area (Å²) < 4.78 is 0. The maximum atomic E-state index is 7.10. The first kappa shape index (κ1) is 11.2. The van der Waals surface area contributed by atoms with Crippen LogP contribution >= 0.6 is 0 Å². The molecule has 0 aromatic carbocycles. The van der Waals surface area contributed by atoms with Crippen molar-refractivity contribution in [2.24, 2.45) is 0 Å². The third-order valence-electron chi connectivity index (χ3n) is 1.98. The largest absolute Gasteiger partial charge is 0.308 e. The standard InChI is InChI=1S/C9H13N.C2H6/c1-2-8-5-3-4-6-9(8)7-10;1-2/h2,7,10H,1,3-6H2;1-2H3. The van der Waals surface area contributed by atoms with Gasteiger partial charge >= 0.3 is 0 Å². The van der Waals surface area contributed by atoms with Gasteiger partial charge in [0.25, 0.3) is 0 Å². The molecule has 0 spiro atoms. The van der Waals surface area contributed by atoms with Crippen molar-refractivity contribution < 1.29 is 0 Å². The van der Waals surface area contributed by atoms with Gasteiger partial charge in [-0.15, -0.1) is 0 Å². The van der Waals surface area contributed by atoms with Gasteiger partial charge in [0.1, 0.15) is 0 Å².